The molecule has 2 N–H and O–H groups in total. The summed E-state index contributed by atoms with van der Waals surface area (Å²) in [6.07, 6.45) is -1.25. The Morgan fingerprint density at radius 1 is 1.33 bits per heavy atom. The van der Waals surface area contributed by atoms with Crippen LogP contribution in [0.15, 0.2) is 30.3 Å². The lowest BCUT2D eigenvalue weighted by atomic mass is 9.87. The van der Waals surface area contributed by atoms with E-state index in [1.165, 1.54) is 0 Å². The lowest BCUT2D eigenvalue weighted by Gasteiger charge is -2.26. The van der Waals surface area contributed by atoms with Crippen LogP contribution in [0, 0.1) is 16.7 Å². The Morgan fingerprint density at radius 2 is 1.89 bits per heavy atom. The number of benzene rings is 1. The van der Waals surface area contributed by atoms with Crippen molar-refractivity contribution in [2.24, 2.45) is 5.41 Å². The van der Waals surface area contributed by atoms with Gasteiger partial charge in [0.25, 0.3) is 5.91 Å². The molecule has 0 radical (unpaired) electrons. The number of hydrogen-bond acceptors (Lipinski definition) is 3. The number of carbonyl (C=O) groups excluding carboxylic acids is 1. The molecule has 4 heteroatoms. The summed E-state index contributed by atoms with van der Waals surface area (Å²) < 4.78 is 0. The first-order valence-electron chi connectivity index (χ1n) is 5.79. The Balaban J connectivity index is 2.75. The van der Waals surface area contributed by atoms with Crippen LogP contribution >= 0.6 is 0 Å². The minimum atomic E-state index is -1.25. The topological polar surface area (TPSA) is 73.1 Å². The van der Waals surface area contributed by atoms with E-state index in [4.69, 9.17) is 5.26 Å². The van der Waals surface area contributed by atoms with E-state index < -0.39 is 18.1 Å². The van der Waals surface area contributed by atoms with Crippen LogP contribution in [0.25, 0.3) is 0 Å². The normalized spacial score (nSPS) is 14.4. The maximum Gasteiger partial charge on any atom is 0.254 e. The molecule has 2 atom stereocenters. The van der Waals surface area contributed by atoms with E-state index in [-0.39, 0.29) is 5.41 Å². The zero-order valence-electron chi connectivity index (χ0n) is 10.8. The first-order valence-corrected chi connectivity index (χ1v) is 5.79. The highest BCUT2D eigenvalue weighted by molar-refractivity contribution is 5.82. The molecule has 0 spiro atoms. The quantitative estimate of drug-likeness (QED) is 0.853. The second kappa shape index (κ2) is 5.65. The van der Waals surface area contributed by atoms with Gasteiger partial charge in [-0.05, 0) is 11.0 Å². The number of carbonyl (C=O) groups is 1. The molecule has 0 aliphatic carbocycles. The number of nitriles is 1. The second-order valence-corrected chi connectivity index (χ2v) is 5.25. The van der Waals surface area contributed by atoms with Crippen molar-refractivity contribution in [3.8, 4) is 6.07 Å². The first-order chi connectivity index (χ1) is 8.36. The molecule has 1 amide bonds. The summed E-state index contributed by atoms with van der Waals surface area (Å²) in [6, 6.07) is 10.0. The molecule has 1 aromatic rings. The molecule has 0 saturated carbocycles. The van der Waals surface area contributed by atoms with E-state index in [0.717, 1.165) is 0 Å². The Kier molecular flexibility index (Phi) is 4.46. The highest BCUT2D eigenvalue weighted by Crippen LogP contribution is 2.20. The van der Waals surface area contributed by atoms with Crippen molar-refractivity contribution >= 4 is 5.91 Å². The minimum absolute atomic E-state index is 0.374. The maximum atomic E-state index is 11.8. The molecule has 18 heavy (non-hydrogen) atoms. The van der Waals surface area contributed by atoms with Crippen molar-refractivity contribution in [1.29, 1.82) is 5.26 Å². The lowest BCUT2D eigenvalue weighted by molar-refractivity contribution is -0.130. The fourth-order valence-electron chi connectivity index (χ4n) is 1.45. The average Bonchev–Trinajstić information content (AvgIpc) is 2.34. The van der Waals surface area contributed by atoms with Crippen molar-refractivity contribution < 1.29 is 9.90 Å². The van der Waals surface area contributed by atoms with Gasteiger partial charge in [-0.15, -0.1) is 0 Å². The summed E-state index contributed by atoms with van der Waals surface area (Å²) in [6.45, 7) is 5.57. The van der Waals surface area contributed by atoms with Crippen molar-refractivity contribution in [1.82, 2.24) is 5.32 Å². The molecule has 0 aromatic heterocycles. The monoisotopic (exact) mass is 246 g/mol. The Hall–Kier alpha value is -1.86. The van der Waals surface area contributed by atoms with Gasteiger partial charge in [-0.1, -0.05) is 51.1 Å². The number of nitrogens with zero attached hydrogens (tertiary/aromatic N) is 1. The van der Waals surface area contributed by atoms with E-state index in [9.17, 15) is 9.90 Å². The third-order valence-corrected chi connectivity index (χ3v) is 2.65. The molecule has 0 aliphatic rings. The van der Waals surface area contributed by atoms with Crippen LogP contribution in [0.4, 0.5) is 0 Å². The van der Waals surface area contributed by atoms with Gasteiger partial charge in [0.1, 0.15) is 6.04 Å². The third kappa shape index (κ3) is 3.57. The van der Waals surface area contributed by atoms with Gasteiger partial charge in [0.05, 0.1) is 6.07 Å². The van der Waals surface area contributed by atoms with Crippen LogP contribution in [0.1, 0.15) is 32.4 Å². The second-order valence-electron chi connectivity index (χ2n) is 5.25. The molecular formula is C14H18N2O2. The molecule has 2 unspecified atom stereocenters. The molecular weight excluding hydrogens is 228 g/mol. The Bertz CT molecular complexity index is 443. The standard InChI is InChI=1S/C14H18N2O2/c1-14(2,3)11(9-15)16-13(18)12(17)10-7-5-4-6-8-10/h4-8,11-12,17H,1-3H3,(H,16,18). The van der Waals surface area contributed by atoms with E-state index >= 15 is 0 Å². The molecule has 0 aliphatic heterocycles. The number of hydrogen-bond donors (Lipinski definition) is 2. The highest BCUT2D eigenvalue weighted by Gasteiger charge is 2.28. The van der Waals surface area contributed by atoms with E-state index in [1.807, 2.05) is 26.8 Å². The zero-order chi connectivity index (χ0) is 13.8. The van der Waals surface area contributed by atoms with Crippen LogP contribution in [-0.4, -0.2) is 17.1 Å². The number of nitrogens with one attached hydrogen (secondary N) is 1. The number of amides is 1. The van der Waals surface area contributed by atoms with Crippen LogP contribution in [0.3, 0.4) is 0 Å². The average molecular weight is 246 g/mol. The molecule has 0 fully saturated rings. The summed E-state index contributed by atoms with van der Waals surface area (Å²) in [5.74, 6) is -0.553. The molecule has 0 bridgehead atoms. The van der Waals surface area contributed by atoms with Gasteiger partial charge >= 0.3 is 0 Å². The van der Waals surface area contributed by atoms with Gasteiger partial charge in [0.15, 0.2) is 6.10 Å². The van der Waals surface area contributed by atoms with E-state index in [0.29, 0.717) is 5.56 Å². The van der Waals surface area contributed by atoms with Gasteiger partial charge in [-0.2, -0.15) is 5.26 Å². The Labute approximate surface area is 107 Å². The van der Waals surface area contributed by atoms with Crippen molar-refractivity contribution in [2.45, 2.75) is 32.9 Å². The van der Waals surface area contributed by atoms with Gasteiger partial charge in [-0.25, -0.2) is 0 Å². The van der Waals surface area contributed by atoms with Gasteiger partial charge in [-0.3, -0.25) is 4.79 Å². The summed E-state index contributed by atoms with van der Waals surface area (Å²) in [5.41, 5.74) is 0.140. The number of aliphatic hydroxyl groups excluding tert-OH is 1. The predicted octanol–water partition coefficient (Wildman–Crippen LogP) is 1.77. The summed E-state index contributed by atoms with van der Waals surface area (Å²) in [4.78, 5) is 11.8. The maximum absolute atomic E-state index is 11.8. The molecule has 1 aromatic carbocycles. The Morgan fingerprint density at radius 3 is 2.33 bits per heavy atom. The largest absolute Gasteiger partial charge is 0.378 e. The lowest BCUT2D eigenvalue weighted by Crippen LogP contribution is -2.44. The minimum Gasteiger partial charge on any atom is -0.378 e. The summed E-state index contributed by atoms with van der Waals surface area (Å²) in [7, 11) is 0. The predicted molar refractivity (Wildman–Crippen MR) is 68.4 cm³/mol. The molecule has 0 heterocycles. The van der Waals surface area contributed by atoms with Gasteiger partial charge in [0.2, 0.25) is 0 Å². The van der Waals surface area contributed by atoms with Gasteiger partial charge in [0, 0.05) is 0 Å². The molecule has 0 saturated heterocycles. The van der Waals surface area contributed by atoms with Crippen LogP contribution in [-0.2, 0) is 4.79 Å². The fourth-order valence-corrected chi connectivity index (χ4v) is 1.45. The van der Waals surface area contributed by atoms with Crippen LogP contribution in [0.2, 0.25) is 0 Å². The molecule has 1 rings (SSSR count). The first kappa shape index (κ1) is 14.2. The zero-order valence-corrected chi connectivity index (χ0v) is 10.8. The van der Waals surface area contributed by atoms with Gasteiger partial charge < -0.3 is 10.4 Å². The fraction of sp³-hybridized carbons (Fsp3) is 0.429. The SMILES string of the molecule is CC(C)(C)C(C#N)NC(=O)C(O)c1ccccc1. The van der Waals surface area contributed by atoms with E-state index in [2.05, 4.69) is 5.32 Å². The third-order valence-electron chi connectivity index (χ3n) is 2.65. The van der Waals surface area contributed by atoms with E-state index in [1.54, 1.807) is 30.3 Å². The van der Waals surface area contributed by atoms with Crippen molar-refractivity contribution in [2.75, 3.05) is 0 Å². The van der Waals surface area contributed by atoms with Crippen molar-refractivity contribution in [3.63, 3.8) is 0 Å². The molecule has 96 valence electrons. The highest BCUT2D eigenvalue weighted by atomic mass is 16.3. The number of rotatable bonds is 3. The molecule has 4 nitrogen and oxygen atoms in total. The van der Waals surface area contributed by atoms with Crippen LogP contribution < -0.4 is 5.32 Å². The van der Waals surface area contributed by atoms with Crippen molar-refractivity contribution in [3.05, 3.63) is 35.9 Å². The summed E-state index contributed by atoms with van der Waals surface area (Å²) in [5, 5.41) is 21.4. The van der Waals surface area contributed by atoms with Crippen LogP contribution in [0.5, 0.6) is 0 Å². The smallest absolute Gasteiger partial charge is 0.254 e. The number of aliphatic hydroxyl groups is 1. The summed E-state index contributed by atoms with van der Waals surface area (Å²) >= 11 is 0.